The first-order valence-corrected chi connectivity index (χ1v) is 11.9. The second-order valence-corrected chi connectivity index (χ2v) is 8.15. The van der Waals surface area contributed by atoms with E-state index in [2.05, 4.69) is 26.9 Å². The van der Waals surface area contributed by atoms with E-state index in [4.69, 9.17) is 10.8 Å². The number of rotatable bonds is 16. The molecule has 0 aromatic carbocycles. The number of carboxylic acid groups (broad SMARTS) is 1. The van der Waals surface area contributed by atoms with E-state index in [9.17, 15) is 9.59 Å². The van der Waals surface area contributed by atoms with Gasteiger partial charge in [-0.25, -0.2) is 4.98 Å². The number of aromatic amines is 2. The number of carboxylic acids is 1. The average molecular weight is 436 g/mol. The second-order valence-electron chi connectivity index (χ2n) is 8.15. The number of anilines is 1. The summed E-state index contributed by atoms with van der Waals surface area (Å²) >= 11 is 0. The summed E-state index contributed by atoms with van der Waals surface area (Å²) in [5.41, 5.74) is 5.65. The lowest BCUT2D eigenvalue weighted by atomic mass is 10.0. The van der Waals surface area contributed by atoms with Crippen molar-refractivity contribution in [1.82, 2.24) is 19.9 Å². The van der Waals surface area contributed by atoms with Gasteiger partial charge in [0.15, 0.2) is 11.2 Å². The summed E-state index contributed by atoms with van der Waals surface area (Å²) in [6, 6.07) is 0. The molecule has 0 amide bonds. The minimum Gasteiger partial charge on any atom is -0.481 e. The van der Waals surface area contributed by atoms with Crippen molar-refractivity contribution in [2.75, 3.05) is 5.73 Å². The fourth-order valence-electron chi connectivity index (χ4n) is 3.51. The van der Waals surface area contributed by atoms with Gasteiger partial charge in [0, 0.05) is 6.42 Å². The molecule has 0 bridgehead atoms. The number of nitrogen functional groups attached to an aromatic ring is 1. The molecule has 176 valence electrons. The summed E-state index contributed by atoms with van der Waals surface area (Å²) in [5, 5.41) is 8.52. The van der Waals surface area contributed by atoms with Crippen molar-refractivity contribution >= 4 is 23.1 Å². The van der Waals surface area contributed by atoms with Gasteiger partial charge in [0.25, 0.3) is 5.56 Å². The molecule has 0 saturated heterocycles. The van der Waals surface area contributed by atoms with Gasteiger partial charge in [0.2, 0.25) is 5.95 Å². The topological polar surface area (TPSA) is 138 Å². The molecule has 0 fully saturated rings. The Hall–Kier alpha value is -2.38. The van der Waals surface area contributed by atoms with Crippen LogP contribution in [0.15, 0.2) is 11.1 Å². The summed E-state index contributed by atoms with van der Waals surface area (Å²) in [6.45, 7) is 2.27. The first kappa shape index (κ1) is 26.7. The zero-order valence-corrected chi connectivity index (χ0v) is 19.1. The van der Waals surface area contributed by atoms with Crippen LogP contribution in [0.4, 0.5) is 5.95 Å². The number of nitrogens with one attached hydrogen (secondary N) is 2. The molecule has 2 aromatic rings. The van der Waals surface area contributed by atoms with Crippen LogP contribution in [0.3, 0.4) is 0 Å². The number of aromatic nitrogens is 4. The maximum Gasteiger partial charge on any atom is 0.303 e. The van der Waals surface area contributed by atoms with Crippen molar-refractivity contribution in [3.05, 3.63) is 16.7 Å². The van der Waals surface area contributed by atoms with E-state index in [-0.39, 0.29) is 11.5 Å². The van der Waals surface area contributed by atoms with Crippen molar-refractivity contribution in [2.24, 2.45) is 0 Å². The van der Waals surface area contributed by atoms with Crippen LogP contribution in [0.2, 0.25) is 0 Å². The number of unbranched alkanes of at least 4 members (excludes halogenated alkanes) is 14. The number of hydrogen-bond acceptors (Lipinski definition) is 5. The number of carbonyl (C=O) groups is 1. The van der Waals surface area contributed by atoms with Gasteiger partial charge in [0.1, 0.15) is 0 Å². The van der Waals surface area contributed by atoms with E-state index in [1.165, 1.54) is 89.8 Å². The predicted octanol–water partition coefficient (Wildman–Crippen LogP) is 5.56. The molecular formula is C23H41N5O3. The van der Waals surface area contributed by atoms with Crippen molar-refractivity contribution in [1.29, 1.82) is 0 Å². The molecule has 0 unspecified atom stereocenters. The van der Waals surface area contributed by atoms with Crippen molar-refractivity contribution in [3.8, 4) is 0 Å². The Balaban J connectivity index is 0.000000361. The smallest absolute Gasteiger partial charge is 0.303 e. The number of nitrogens with zero attached hydrogens (tertiary/aromatic N) is 2. The van der Waals surface area contributed by atoms with Crippen molar-refractivity contribution in [2.45, 2.75) is 110 Å². The molecular weight excluding hydrogens is 394 g/mol. The van der Waals surface area contributed by atoms with Crippen LogP contribution in [0.25, 0.3) is 11.2 Å². The maximum absolute atomic E-state index is 11.0. The number of hydrogen-bond donors (Lipinski definition) is 4. The monoisotopic (exact) mass is 435 g/mol. The van der Waals surface area contributed by atoms with Gasteiger partial charge in [-0.15, -0.1) is 0 Å². The van der Waals surface area contributed by atoms with Gasteiger partial charge < -0.3 is 15.8 Å². The van der Waals surface area contributed by atoms with Crippen LogP contribution in [0.5, 0.6) is 0 Å². The third kappa shape index (κ3) is 13.5. The van der Waals surface area contributed by atoms with Crippen LogP contribution in [0, 0.1) is 0 Å². The van der Waals surface area contributed by atoms with E-state index in [0.717, 1.165) is 12.8 Å². The van der Waals surface area contributed by atoms with E-state index < -0.39 is 5.97 Å². The zero-order valence-electron chi connectivity index (χ0n) is 19.1. The number of fused-ring (bicyclic) bond motifs is 1. The molecule has 5 N–H and O–H groups in total. The fraction of sp³-hybridized carbons (Fsp3) is 0.739. The molecule has 0 aliphatic heterocycles. The standard InChI is InChI=1S/C18H36O2.C5H5N5O/c1-2-3-4-5-6-7-8-9-10-11-12-13-14-15-16-17-18(19)20;6-5-9-3-2(4(11)10-5)7-1-8-3/h2-17H2,1H3,(H,19,20);1H,(H4,6,7,8,9,10,11). The average Bonchev–Trinajstić information content (AvgIpc) is 3.20. The summed E-state index contributed by atoms with van der Waals surface area (Å²) in [4.78, 5) is 33.9. The summed E-state index contributed by atoms with van der Waals surface area (Å²) in [6.07, 6.45) is 21.6. The van der Waals surface area contributed by atoms with E-state index >= 15 is 0 Å². The van der Waals surface area contributed by atoms with Crippen LogP contribution in [0.1, 0.15) is 110 Å². The van der Waals surface area contributed by atoms with Gasteiger partial charge in [-0.1, -0.05) is 96.8 Å². The summed E-state index contributed by atoms with van der Waals surface area (Å²) in [5.74, 6) is -0.575. The Kier molecular flexibility index (Phi) is 14.9. The fourth-order valence-corrected chi connectivity index (χ4v) is 3.51. The molecule has 0 saturated carbocycles. The third-order valence-electron chi connectivity index (χ3n) is 5.31. The molecule has 2 heterocycles. The maximum atomic E-state index is 11.0. The molecule has 8 heteroatoms. The van der Waals surface area contributed by atoms with Gasteiger partial charge in [-0.3, -0.25) is 14.6 Å². The largest absolute Gasteiger partial charge is 0.481 e. The van der Waals surface area contributed by atoms with Crippen molar-refractivity contribution in [3.63, 3.8) is 0 Å². The molecule has 2 rings (SSSR count). The second kappa shape index (κ2) is 17.3. The summed E-state index contributed by atoms with van der Waals surface area (Å²) < 4.78 is 0. The molecule has 31 heavy (non-hydrogen) atoms. The SMILES string of the molecule is CCCCCCCCCCCCCCCCCC(=O)O.Nc1nc2nc[nH]c2c(=O)[nH]1. The lowest BCUT2D eigenvalue weighted by Gasteiger charge is -2.03. The molecule has 8 nitrogen and oxygen atoms in total. The quantitative estimate of drug-likeness (QED) is 0.255. The Morgan fingerprint density at radius 2 is 1.39 bits per heavy atom. The number of aliphatic carboxylic acids is 1. The first-order chi connectivity index (χ1) is 15.0. The lowest BCUT2D eigenvalue weighted by Crippen LogP contribution is -2.10. The highest BCUT2D eigenvalue weighted by Gasteiger charge is 2.01. The summed E-state index contributed by atoms with van der Waals surface area (Å²) in [7, 11) is 0. The Morgan fingerprint density at radius 1 is 0.903 bits per heavy atom. The number of H-pyrrole nitrogens is 2. The number of nitrogens with two attached hydrogens (primary N) is 1. The van der Waals surface area contributed by atoms with Gasteiger partial charge in [-0.05, 0) is 6.42 Å². The normalized spacial score (nSPS) is 10.7. The molecule has 0 aliphatic rings. The van der Waals surface area contributed by atoms with Crippen LogP contribution < -0.4 is 11.3 Å². The van der Waals surface area contributed by atoms with Crippen molar-refractivity contribution < 1.29 is 9.90 Å². The van der Waals surface area contributed by atoms with Crippen LogP contribution in [-0.2, 0) is 4.79 Å². The van der Waals surface area contributed by atoms with Gasteiger partial charge in [-0.2, -0.15) is 4.98 Å². The van der Waals surface area contributed by atoms with Crippen LogP contribution in [-0.4, -0.2) is 31.0 Å². The Labute approximate surface area is 185 Å². The number of imidazole rings is 1. The van der Waals surface area contributed by atoms with E-state index in [0.29, 0.717) is 17.6 Å². The highest BCUT2D eigenvalue weighted by atomic mass is 16.4. The molecule has 2 aromatic heterocycles. The minimum absolute atomic E-state index is 0.0783. The van der Waals surface area contributed by atoms with Gasteiger partial charge >= 0.3 is 5.97 Å². The van der Waals surface area contributed by atoms with E-state index in [1.54, 1.807) is 0 Å². The predicted molar refractivity (Wildman–Crippen MR) is 126 cm³/mol. The molecule has 0 atom stereocenters. The molecule has 0 radical (unpaired) electrons. The molecule has 0 spiro atoms. The van der Waals surface area contributed by atoms with Crippen LogP contribution >= 0.6 is 0 Å². The van der Waals surface area contributed by atoms with E-state index in [1.807, 2.05) is 0 Å². The third-order valence-corrected chi connectivity index (χ3v) is 5.31. The molecule has 0 aliphatic carbocycles. The highest BCUT2D eigenvalue weighted by molar-refractivity contribution is 5.69. The first-order valence-electron chi connectivity index (χ1n) is 11.9. The minimum atomic E-state index is -0.653. The Morgan fingerprint density at radius 3 is 1.87 bits per heavy atom. The Bertz CT molecular complexity index is 772. The zero-order chi connectivity index (χ0) is 22.7. The highest BCUT2D eigenvalue weighted by Crippen LogP contribution is 2.13. The lowest BCUT2D eigenvalue weighted by molar-refractivity contribution is -0.137. The van der Waals surface area contributed by atoms with Gasteiger partial charge in [0.05, 0.1) is 6.33 Å².